The Balaban J connectivity index is 3.17. The molecule has 0 aromatic rings. The maximum Gasteiger partial charge on any atom is 0.235 e. The van der Waals surface area contributed by atoms with Crippen molar-refractivity contribution in [2.24, 2.45) is 11.7 Å². The van der Waals surface area contributed by atoms with Gasteiger partial charge >= 0.3 is 0 Å². The Hall–Kier alpha value is -1.18. The Morgan fingerprint density at radius 1 is 0.923 bits per heavy atom. The van der Waals surface area contributed by atoms with E-state index in [0.29, 0.717) is 25.9 Å². The van der Waals surface area contributed by atoms with Crippen LogP contribution in [-0.2, 0) is 9.59 Å². The predicted octanol–water partition coefficient (Wildman–Crippen LogP) is -2.66. The summed E-state index contributed by atoms with van der Waals surface area (Å²) in [5.74, 6) is 9.22. The van der Waals surface area contributed by atoms with E-state index in [-0.39, 0.29) is 11.8 Å². The molecule has 0 spiro atoms. The van der Waals surface area contributed by atoms with Crippen LogP contribution >= 0.6 is 0 Å². The van der Waals surface area contributed by atoms with Crippen molar-refractivity contribution in [1.29, 1.82) is 0 Å². The lowest BCUT2D eigenvalue weighted by molar-refractivity contribution is -0.121. The number of hydrazine groups is 2. The van der Waals surface area contributed by atoms with Gasteiger partial charge < -0.3 is 5.32 Å². The number of carbonyl (C=O) groups excluding carboxylic acids is 2. The van der Waals surface area contributed by atoms with Crippen LogP contribution in [-0.4, -0.2) is 24.9 Å². The van der Waals surface area contributed by atoms with Gasteiger partial charge in [-0.25, -0.2) is 11.7 Å². The first-order valence-electron chi connectivity index (χ1n) is 3.90. The van der Waals surface area contributed by atoms with E-state index in [1.165, 1.54) is 0 Å². The Kier molecular flexibility index (Phi) is 6.79. The molecule has 0 radical (unpaired) electrons. The second-order valence-electron chi connectivity index (χ2n) is 2.39. The van der Waals surface area contributed by atoms with Gasteiger partial charge in [0.2, 0.25) is 11.8 Å². The molecule has 0 rings (SSSR count). The van der Waals surface area contributed by atoms with E-state index >= 15 is 0 Å². The van der Waals surface area contributed by atoms with Crippen LogP contribution in [0.2, 0.25) is 0 Å². The Morgan fingerprint density at radius 3 is 1.62 bits per heavy atom. The van der Waals surface area contributed by atoms with Gasteiger partial charge in [0.15, 0.2) is 0 Å². The van der Waals surface area contributed by atoms with E-state index < -0.39 is 0 Å². The molecular weight excluding hydrogens is 174 g/mol. The molecule has 0 unspecified atom stereocenters. The summed E-state index contributed by atoms with van der Waals surface area (Å²) in [6.45, 7) is 0.974. The van der Waals surface area contributed by atoms with Crippen molar-refractivity contribution in [3.8, 4) is 0 Å². The first-order chi connectivity index (χ1) is 6.20. The lowest BCUT2D eigenvalue weighted by Crippen LogP contribution is -2.35. The lowest BCUT2D eigenvalue weighted by atomic mass is 10.3. The van der Waals surface area contributed by atoms with Crippen LogP contribution in [0.1, 0.15) is 12.8 Å². The molecule has 0 aliphatic rings. The molecule has 0 aromatic heterocycles. The lowest BCUT2D eigenvalue weighted by Gasteiger charge is -2.02. The van der Waals surface area contributed by atoms with Gasteiger partial charge in [-0.05, 0) is 0 Å². The van der Waals surface area contributed by atoms with Crippen LogP contribution in [0.15, 0.2) is 0 Å². The number of rotatable bonds is 6. The SMILES string of the molecule is NNC(=O)CCNCCC(=O)NN. The maximum absolute atomic E-state index is 10.6. The highest BCUT2D eigenvalue weighted by Crippen LogP contribution is 1.77. The molecule has 0 saturated heterocycles. The van der Waals surface area contributed by atoms with Gasteiger partial charge in [0.25, 0.3) is 0 Å². The predicted molar refractivity (Wildman–Crippen MR) is 46.8 cm³/mol. The highest BCUT2D eigenvalue weighted by atomic mass is 16.2. The van der Waals surface area contributed by atoms with Crippen molar-refractivity contribution in [2.75, 3.05) is 13.1 Å². The van der Waals surface area contributed by atoms with Crippen molar-refractivity contribution in [3.05, 3.63) is 0 Å². The quantitative estimate of drug-likeness (QED) is 0.135. The molecule has 0 aromatic carbocycles. The zero-order chi connectivity index (χ0) is 10.1. The van der Waals surface area contributed by atoms with Crippen molar-refractivity contribution in [2.45, 2.75) is 12.8 Å². The van der Waals surface area contributed by atoms with E-state index in [0.717, 1.165) is 0 Å². The van der Waals surface area contributed by atoms with Crippen LogP contribution in [0.3, 0.4) is 0 Å². The van der Waals surface area contributed by atoms with Crippen LogP contribution in [0.4, 0.5) is 0 Å². The van der Waals surface area contributed by atoms with Crippen molar-refractivity contribution >= 4 is 11.8 Å². The molecule has 0 atom stereocenters. The average Bonchev–Trinajstić information content (AvgIpc) is 2.16. The van der Waals surface area contributed by atoms with E-state index in [4.69, 9.17) is 11.7 Å². The number of carbonyl (C=O) groups is 2. The standard InChI is InChI=1S/C6H15N5O2/c7-10-5(12)1-3-9-4-2-6(13)11-8/h9H,1-4,7-8H2,(H,10,12)(H,11,13). The van der Waals surface area contributed by atoms with Crippen molar-refractivity contribution < 1.29 is 9.59 Å². The normalized spacial score (nSPS) is 9.38. The van der Waals surface area contributed by atoms with E-state index in [1.807, 2.05) is 10.9 Å². The molecule has 7 nitrogen and oxygen atoms in total. The molecule has 76 valence electrons. The minimum absolute atomic E-state index is 0.240. The molecular formula is C6H15N5O2. The summed E-state index contributed by atoms with van der Waals surface area (Å²) in [7, 11) is 0. The molecule has 0 aliphatic heterocycles. The summed E-state index contributed by atoms with van der Waals surface area (Å²) in [6.07, 6.45) is 0.585. The van der Waals surface area contributed by atoms with Crippen LogP contribution in [0.5, 0.6) is 0 Å². The third-order valence-electron chi connectivity index (χ3n) is 1.38. The topological polar surface area (TPSA) is 122 Å². The minimum Gasteiger partial charge on any atom is -0.316 e. The van der Waals surface area contributed by atoms with E-state index in [1.54, 1.807) is 0 Å². The first-order valence-corrected chi connectivity index (χ1v) is 3.90. The van der Waals surface area contributed by atoms with Gasteiger partial charge in [0.05, 0.1) is 0 Å². The molecule has 0 fully saturated rings. The molecule has 0 heterocycles. The van der Waals surface area contributed by atoms with Gasteiger partial charge in [0.1, 0.15) is 0 Å². The summed E-state index contributed by atoms with van der Waals surface area (Å²) in [6, 6.07) is 0. The van der Waals surface area contributed by atoms with E-state index in [2.05, 4.69) is 5.32 Å². The molecule has 0 aliphatic carbocycles. The largest absolute Gasteiger partial charge is 0.316 e. The fraction of sp³-hybridized carbons (Fsp3) is 0.667. The Bertz CT molecular complexity index is 154. The fourth-order valence-corrected chi connectivity index (χ4v) is 0.673. The third-order valence-corrected chi connectivity index (χ3v) is 1.38. The molecule has 7 heteroatoms. The van der Waals surface area contributed by atoms with Crippen LogP contribution in [0.25, 0.3) is 0 Å². The molecule has 13 heavy (non-hydrogen) atoms. The number of amides is 2. The Labute approximate surface area is 76.2 Å². The summed E-state index contributed by atoms with van der Waals surface area (Å²) in [5, 5.41) is 2.88. The van der Waals surface area contributed by atoms with E-state index in [9.17, 15) is 9.59 Å². The molecule has 2 amide bonds. The second kappa shape index (κ2) is 7.47. The smallest absolute Gasteiger partial charge is 0.235 e. The van der Waals surface area contributed by atoms with Crippen LogP contribution < -0.4 is 27.9 Å². The summed E-state index contributed by atoms with van der Waals surface area (Å²) < 4.78 is 0. The van der Waals surface area contributed by atoms with Gasteiger partial charge in [-0.2, -0.15) is 0 Å². The zero-order valence-electron chi connectivity index (χ0n) is 7.30. The number of hydrogen-bond donors (Lipinski definition) is 5. The molecule has 0 saturated carbocycles. The zero-order valence-corrected chi connectivity index (χ0v) is 7.30. The minimum atomic E-state index is -0.240. The summed E-state index contributed by atoms with van der Waals surface area (Å²) >= 11 is 0. The highest BCUT2D eigenvalue weighted by molar-refractivity contribution is 5.75. The maximum atomic E-state index is 10.6. The molecule has 7 N–H and O–H groups in total. The van der Waals surface area contributed by atoms with Gasteiger partial charge in [0, 0.05) is 25.9 Å². The first kappa shape index (κ1) is 11.8. The van der Waals surface area contributed by atoms with Crippen molar-refractivity contribution in [3.63, 3.8) is 0 Å². The number of nitrogens with one attached hydrogen (secondary N) is 3. The second-order valence-corrected chi connectivity index (χ2v) is 2.39. The van der Waals surface area contributed by atoms with Gasteiger partial charge in [-0.3, -0.25) is 20.4 Å². The Morgan fingerprint density at radius 2 is 1.31 bits per heavy atom. The van der Waals surface area contributed by atoms with Gasteiger partial charge in [-0.1, -0.05) is 0 Å². The number of hydrogen-bond acceptors (Lipinski definition) is 5. The summed E-state index contributed by atoms with van der Waals surface area (Å²) in [4.78, 5) is 21.2. The number of nitrogens with two attached hydrogens (primary N) is 2. The third kappa shape index (κ3) is 7.19. The fourth-order valence-electron chi connectivity index (χ4n) is 0.673. The van der Waals surface area contributed by atoms with Crippen LogP contribution in [0, 0.1) is 0 Å². The summed E-state index contributed by atoms with van der Waals surface area (Å²) in [5.41, 5.74) is 4.00. The molecule has 0 bridgehead atoms. The van der Waals surface area contributed by atoms with Crippen molar-refractivity contribution in [1.82, 2.24) is 16.2 Å². The monoisotopic (exact) mass is 189 g/mol. The van der Waals surface area contributed by atoms with Gasteiger partial charge in [-0.15, -0.1) is 0 Å². The highest BCUT2D eigenvalue weighted by Gasteiger charge is 1.99. The average molecular weight is 189 g/mol.